The van der Waals surface area contributed by atoms with Crippen molar-refractivity contribution in [2.45, 2.75) is 6.54 Å². The Morgan fingerprint density at radius 1 is 0.935 bits per heavy atom. The molecule has 4 rings (SSSR count). The lowest BCUT2D eigenvalue weighted by atomic mass is 10.1. The second-order valence-corrected chi connectivity index (χ2v) is 7.19. The van der Waals surface area contributed by atoms with E-state index >= 15 is 0 Å². The smallest absolute Gasteiger partial charge is 0.251 e. The average molecular weight is 433 g/mol. The maximum atomic E-state index is 13.7. The van der Waals surface area contributed by atoms with Gasteiger partial charge in [-0.25, -0.2) is 14.4 Å². The van der Waals surface area contributed by atoms with Gasteiger partial charge in [0.15, 0.2) is 0 Å². The van der Waals surface area contributed by atoms with Crippen LogP contribution >= 0.6 is 11.6 Å². The number of hydrogen-bond donors (Lipinski definition) is 2. The summed E-state index contributed by atoms with van der Waals surface area (Å²) in [5.74, 6) is -0.192. The Balaban J connectivity index is 1.40. The van der Waals surface area contributed by atoms with Crippen LogP contribution in [0.1, 0.15) is 15.9 Å². The first kappa shape index (κ1) is 20.5. The molecule has 0 atom stereocenters. The molecule has 0 spiro atoms. The van der Waals surface area contributed by atoms with Crippen molar-refractivity contribution in [2.75, 3.05) is 5.32 Å². The van der Waals surface area contributed by atoms with Gasteiger partial charge in [0.1, 0.15) is 5.82 Å². The molecule has 0 fully saturated rings. The zero-order valence-corrected chi connectivity index (χ0v) is 17.1. The second-order valence-electron chi connectivity index (χ2n) is 6.75. The van der Waals surface area contributed by atoms with Crippen LogP contribution in [-0.2, 0) is 6.54 Å². The summed E-state index contributed by atoms with van der Waals surface area (Å²) in [6.07, 6.45) is 1.67. The molecule has 0 bridgehead atoms. The van der Waals surface area contributed by atoms with Crippen LogP contribution in [0.5, 0.6) is 0 Å². The van der Waals surface area contributed by atoms with Crippen molar-refractivity contribution in [3.05, 3.63) is 107 Å². The van der Waals surface area contributed by atoms with Gasteiger partial charge in [0.05, 0.1) is 5.69 Å². The number of rotatable bonds is 6. The number of halogens is 2. The Hall–Kier alpha value is -3.77. The molecule has 7 heteroatoms. The van der Waals surface area contributed by atoms with Gasteiger partial charge in [0.25, 0.3) is 5.91 Å². The lowest BCUT2D eigenvalue weighted by Gasteiger charge is -2.09. The molecular weight excluding hydrogens is 415 g/mol. The normalized spacial score (nSPS) is 10.5. The Labute approximate surface area is 184 Å². The quantitative estimate of drug-likeness (QED) is 0.415. The number of hydrogen-bond acceptors (Lipinski definition) is 4. The number of benzene rings is 3. The summed E-state index contributed by atoms with van der Waals surface area (Å²) < 4.78 is 13.7. The molecule has 4 aromatic rings. The SMILES string of the molecule is O=C(NCc1ccccc1F)c1ccc(Nc2nccc(-c3ccc(Cl)cc3)n2)cc1. The van der Waals surface area contributed by atoms with Crippen LogP contribution in [0.3, 0.4) is 0 Å². The molecule has 0 unspecified atom stereocenters. The first-order valence-corrected chi connectivity index (χ1v) is 9.94. The highest BCUT2D eigenvalue weighted by Crippen LogP contribution is 2.21. The summed E-state index contributed by atoms with van der Waals surface area (Å²) in [5.41, 5.74) is 3.33. The third-order valence-electron chi connectivity index (χ3n) is 4.60. The predicted molar refractivity (Wildman–Crippen MR) is 120 cm³/mol. The van der Waals surface area contributed by atoms with Crippen molar-refractivity contribution in [1.29, 1.82) is 0 Å². The molecule has 0 saturated carbocycles. The highest BCUT2D eigenvalue weighted by Gasteiger charge is 2.08. The zero-order chi connectivity index (χ0) is 21.6. The van der Waals surface area contributed by atoms with Crippen LogP contribution in [0, 0.1) is 5.82 Å². The topological polar surface area (TPSA) is 66.9 Å². The van der Waals surface area contributed by atoms with E-state index in [9.17, 15) is 9.18 Å². The maximum absolute atomic E-state index is 13.7. The minimum absolute atomic E-state index is 0.122. The molecule has 0 radical (unpaired) electrons. The molecule has 0 aliphatic heterocycles. The second kappa shape index (κ2) is 9.36. The van der Waals surface area contributed by atoms with Crippen molar-refractivity contribution in [3.8, 4) is 11.3 Å². The van der Waals surface area contributed by atoms with E-state index in [-0.39, 0.29) is 18.3 Å². The zero-order valence-electron chi connectivity index (χ0n) is 16.3. The van der Waals surface area contributed by atoms with Gasteiger partial charge in [-0.2, -0.15) is 0 Å². The molecule has 3 aromatic carbocycles. The van der Waals surface area contributed by atoms with E-state index < -0.39 is 0 Å². The molecule has 1 aromatic heterocycles. The Morgan fingerprint density at radius 3 is 2.42 bits per heavy atom. The van der Waals surface area contributed by atoms with Crippen molar-refractivity contribution in [3.63, 3.8) is 0 Å². The molecule has 0 aliphatic carbocycles. The molecule has 0 saturated heterocycles. The van der Waals surface area contributed by atoms with Crippen LogP contribution in [-0.4, -0.2) is 15.9 Å². The van der Waals surface area contributed by atoms with Gasteiger partial charge in [0, 0.05) is 40.1 Å². The minimum atomic E-state index is -0.344. The maximum Gasteiger partial charge on any atom is 0.251 e. The monoisotopic (exact) mass is 432 g/mol. The van der Waals surface area contributed by atoms with Crippen LogP contribution in [0.25, 0.3) is 11.3 Å². The first-order chi connectivity index (χ1) is 15.1. The van der Waals surface area contributed by atoms with Crippen LogP contribution < -0.4 is 10.6 Å². The average Bonchev–Trinajstić information content (AvgIpc) is 2.79. The van der Waals surface area contributed by atoms with E-state index in [0.717, 1.165) is 16.9 Å². The Morgan fingerprint density at radius 2 is 1.68 bits per heavy atom. The third-order valence-corrected chi connectivity index (χ3v) is 4.85. The fourth-order valence-corrected chi connectivity index (χ4v) is 3.08. The number of aromatic nitrogens is 2. The summed E-state index contributed by atoms with van der Waals surface area (Å²) in [6.45, 7) is 0.122. The van der Waals surface area contributed by atoms with E-state index in [4.69, 9.17) is 11.6 Å². The van der Waals surface area contributed by atoms with Crippen molar-refractivity contribution in [2.24, 2.45) is 0 Å². The van der Waals surface area contributed by atoms with Crippen LogP contribution in [0.2, 0.25) is 5.02 Å². The van der Waals surface area contributed by atoms with Crippen molar-refractivity contribution < 1.29 is 9.18 Å². The molecular formula is C24H18ClFN4O. The van der Waals surface area contributed by atoms with Gasteiger partial charge >= 0.3 is 0 Å². The molecule has 154 valence electrons. The molecule has 31 heavy (non-hydrogen) atoms. The number of anilines is 2. The third kappa shape index (κ3) is 5.24. The molecule has 5 nitrogen and oxygen atoms in total. The lowest BCUT2D eigenvalue weighted by molar-refractivity contribution is 0.0950. The number of nitrogens with one attached hydrogen (secondary N) is 2. The molecule has 1 heterocycles. The van der Waals surface area contributed by atoms with Gasteiger partial charge in [-0.15, -0.1) is 0 Å². The number of nitrogens with zero attached hydrogens (tertiary/aromatic N) is 2. The van der Waals surface area contributed by atoms with Gasteiger partial charge in [0.2, 0.25) is 5.95 Å². The van der Waals surface area contributed by atoms with Crippen LogP contribution in [0.15, 0.2) is 85.1 Å². The molecule has 2 N–H and O–H groups in total. The molecule has 1 amide bonds. The highest BCUT2D eigenvalue weighted by molar-refractivity contribution is 6.30. The van der Waals surface area contributed by atoms with Crippen LogP contribution in [0.4, 0.5) is 16.0 Å². The largest absolute Gasteiger partial charge is 0.348 e. The lowest BCUT2D eigenvalue weighted by Crippen LogP contribution is -2.23. The minimum Gasteiger partial charge on any atom is -0.348 e. The Bertz CT molecular complexity index is 1200. The predicted octanol–water partition coefficient (Wildman–Crippen LogP) is 5.61. The van der Waals surface area contributed by atoms with E-state index in [1.165, 1.54) is 6.07 Å². The van der Waals surface area contributed by atoms with Gasteiger partial charge in [-0.3, -0.25) is 4.79 Å². The van der Waals surface area contributed by atoms with Gasteiger partial charge in [-0.1, -0.05) is 41.9 Å². The summed E-state index contributed by atoms with van der Waals surface area (Å²) in [7, 11) is 0. The number of carbonyl (C=O) groups excluding carboxylic acids is 1. The summed E-state index contributed by atoms with van der Waals surface area (Å²) in [6, 6.07) is 22.5. The van der Waals surface area contributed by atoms with Crippen molar-refractivity contribution in [1.82, 2.24) is 15.3 Å². The summed E-state index contributed by atoms with van der Waals surface area (Å²) >= 11 is 5.94. The Kier molecular flexibility index (Phi) is 6.19. The van der Waals surface area contributed by atoms with Gasteiger partial charge < -0.3 is 10.6 Å². The fraction of sp³-hybridized carbons (Fsp3) is 0.0417. The van der Waals surface area contributed by atoms with E-state index in [1.54, 1.807) is 48.7 Å². The highest BCUT2D eigenvalue weighted by atomic mass is 35.5. The van der Waals surface area contributed by atoms with Gasteiger partial charge in [-0.05, 0) is 48.5 Å². The molecule has 0 aliphatic rings. The standard InChI is InChI=1S/C24H18ClFN4O/c25-19-9-5-16(6-10-19)22-13-14-27-24(30-22)29-20-11-7-17(8-12-20)23(31)28-15-18-3-1-2-4-21(18)26/h1-14H,15H2,(H,28,31)(H,27,29,30). The summed E-state index contributed by atoms with van der Waals surface area (Å²) in [4.78, 5) is 21.1. The van der Waals surface area contributed by atoms with E-state index in [0.29, 0.717) is 22.1 Å². The van der Waals surface area contributed by atoms with Crippen molar-refractivity contribution >= 4 is 29.1 Å². The number of amides is 1. The van der Waals surface area contributed by atoms with E-state index in [2.05, 4.69) is 20.6 Å². The first-order valence-electron chi connectivity index (χ1n) is 9.56. The summed E-state index contributed by atoms with van der Waals surface area (Å²) in [5, 5.41) is 6.51. The van der Waals surface area contributed by atoms with E-state index in [1.807, 2.05) is 30.3 Å². The fourth-order valence-electron chi connectivity index (χ4n) is 2.95. The number of carbonyl (C=O) groups is 1.